The lowest BCUT2D eigenvalue weighted by Crippen LogP contribution is -2.38. The van der Waals surface area contributed by atoms with E-state index in [9.17, 15) is 0 Å². The standard InChI is InChI=1S/C19H20N2/c1-2-12-19(20,16-8-4-3-5-9-16)18-10-6-7-15-14-21-13-11-17(15)18/h3-11,13-14H,2,12,20H2,1H3. The molecule has 3 aromatic rings. The third kappa shape index (κ3) is 2.43. The molecular formula is C19H20N2. The van der Waals surface area contributed by atoms with Crippen molar-refractivity contribution in [2.24, 2.45) is 5.73 Å². The van der Waals surface area contributed by atoms with Crippen LogP contribution in [0.15, 0.2) is 67.0 Å². The molecular weight excluding hydrogens is 256 g/mol. The number of pyridine rings is 1. The first kappa shape index (κ1) is 13.8. The van der Waals surface area contributed by atoms with Crippen LogP contribution in [0.4, 0.5) is 0 Å². The normalized spacial score (nSPS) is 14.0. The third-order valence-corrected chi connectivity index (χ3v) is 4.09. The van der Waals surface area contributed by atoms with Gasteiger partial charge in [-0.05, 0) is 29.0 Å². The Kier molecular flexibility index (Phi) is 3.72. The highest BCUT2D eigenvalue weighted by molar-refractivity contribution is 5.86. The number of hydrogen-bond donors (Lipinski definition) is 1. The Morgan fingerprint density at radius 3 is 2.57 bits per heavy atom. The quantitative estimate of drug-likeness (QED) is 0.774. The summed E-state index contributed by atoms with van der Waals surface area (Å²) < 4.78 is 0. The molecule has 0 aliphatic carbocycles. The van der Waals surface area contributed by atoms with Crippen LogP contribution in [0.3, 0.4) is 0 Å². The molecule has 0 saturated carbocycles. The lowest BCUT2D eigenvalue weighted by Gasteiger charge is -2.31. The summed E-state index contributed by atoms with van der Waals surface area (Å²) in [5, 5.41) is 2.32. The highest BCUT2D eigenvalue weighted by Gasteiger charge is 2.29. The maximum absolute atomic E-state index is 6.90. The van der Waals surface area contributed by atoms with Crippen molar-refractivity contribution in [1.82, 2.24) is 4.98 Å². The number of nitrogens with zero attached hydrogens (tertiary/aromatic N) is 1. The second kappa shape index (κ2) is 5.66. The van der Waals surface area contributed by atoms with Crippen molar-refractivity contribution >= 4 is 10.8 Å². The summed E-state index contributed by atoms with van der Waals surface area (Å²) >= 11 is 0. The molecule has 0 amide bonds. The molecule has 2 N–H and O–H groups in total. The van der Waals surface area contributed by atoms with Crippen molar-refractivity contribution in [3.05, 3.63) is 78.1 Å². The van der Waals surface area contributed by atoms with E-state index < -0.39 is 5.54 Å². The number of rotatable bonds is 4. The van der Waals surface area contributed by atoms with Gasteiger partial charge in [0, 0.05) is 17.8 Å². The maximum Gasteiger partial charge on any atom is 0.0671 e. The molecule has 0 aliphatic rings. The molecule has 1 unspecified atom stereocenters. The largest absolute Gasteiger partial charge is 0.318 e. The van der Waals surface area contributed by atoms with Gasteiger partial charge < -0.3 is 5.73 Å². The molecule has 2 aromatic carbocycles. The number of fused-ring (bicyclic) bond motifs is 1. The molecule has 0 saturated heterocycles. The molecule has 3 rings (SSSR count). The van der Waals surface area contributed by atoms with Gasteiger partial charge in [0.2, 0.25) is 0 Å². The minimum absolute atomic E-state index is 0.461. The van der Waals surface area contributed by atoms with Crippen molar-refractivity contribution < 1.29 is 0 Å². The van der Waals surface area contributed by atoms with Crippen LogP contribution in [0.1, 0.15) is 30.9 Å². The highest BCUT2D eigenvalue weighted by atomic mass is 14.7. The van der Waals surface area contributed by atoms with Gasteiger partial charge in [-0.3, -0.25) is 4.98 Å². The number of nitrogens with two attached hydrogens (primary N) is 1. The zero-order chi connectivity index (χ0) is 14.7. The van der Waals surface area contributed by atoms with Crippen LogP contribution in [0.25, 0.3) is 10.8 Å². The third-order valence-electron chi connectivity index (χ3n) is 4.09. The Morgan fingerprint density at radius 1 is 1.00 bits per heavy atom. The minimum Gasteiger partial charge on any atom is -0.318 e. The van der Waals surface area contributed by atoms with Gasteiger partial charge in [-0.25, -0.2) is 0 Å². The molecule has 0 spiro atoms. The average Bonchev–Trinajstić information content (AvgIpc) is 2.55. The minimum atomic E-state index is -0.461. The summed E-state index contributed by atoms with van der Waals surface area (Å²) in [6.07, 6.45) is 5.69. The van der Waals surface area contributed by atoms with Gasteiger partial charge in [0.25, 0.3) is 0 Å². The molecule has 1 atom stereocenters. The second-order valence-electron chi connectivity index (χ2n) is 5.49. The van der Waals surface area contributed by atoms with Crippen LogP contribution in [0, 0.1) is 0 Å². The maximum atomic E-state index is 6.90. The fourth-order valence-electron chi connectivity index (χ4n) is 3.08. The van der Waals surface area contributed by atoms with Crippen molar-refractivity contribution in [1.29, 1.82) is 0 Å². The SMILES string of the molecule is CCCC(N)(c1ccccc1)c1cccc2cnccc12. The summed E-state index contributed by atoms with van der Waals surface area (Å²) in [7, 11) is 0. The smallest absolute Gasteiger partial charge is 0.0671 e. The molecule has 0 aliphatic heterocycles. The van der Waals surface area contributed by atoms with Crippen LogP contribution in [-0.2, 0) is 5.54 Å². The summed E-state index contributed by atoms with van der Waals surface area (Å²) in [6.45, 7) is 2.18. The van der Waals surface area contributed by atoms with E-state index in [0.717, 1.165) is 23.8 Å². The molecule has 1 aromatic heterocycles. The molecule has 2 heteroatoms. The van der Waals surface area contributed by atoms with E-state index in [4.69, 9.17) is 5.73 Å². The second-order valence-corrected chi connectivity index (χ2v) is 5.49. The van der Waals surface area contributed by atoms with Crippen LogP contribution in [0.5, 0.6) is 0 Å². The fraction of sp³-hybridized carbons (Fsp3) is 0.211. The number of aromatic nitrogens is 1. The molecule has 1 heterocycles. The van der Waals surface area contributed by atoms with Gasteiger partial charge in [-0.1, -0.05) is 61.9 Å². The molecule has 0 fully saturated rings. The molecule has 21 heavy (non-hydrogen) atoms. The van der Waals surface area contributed by atoms with Crippen LogP contribution in [0.2, 0.25) is 0 Å². The van der Waals surface area contributed by atoms with Gasteiger partial charge in [0.15, 0.2) is 0 Å². The molecule has 0 radical (unpaired) electrons. The fourth-order valence-corrected chi connectivity index (χ4v) is 3.08. The van der Waals surface area contributed by atoms with Crippen LogP contribution < -0.4 is 5.73 Å². The Balaban J connectivity index is 2.25. The first-order chi connectivity index (χ1) is 10.3. The van der Waals surface area contributed by atoms with Crippen molar-refractivity contribution in [2.45, 2.75) is 25.3 Å². The predicted molar refractivity (Wildman–Crippen MR) is 88.1 cm³/mol. The van der Waals surface area contributed by atoms with Gasteiger partial charge >= 0.3 is 0 Å². The highest BCUT2D eigenvalue weighted by Crippen LogP contribution is 2.35. The Bertz CT molecular complexity index is 731. The summed E-state index contributed by atoms with van der Waals surface area (Å²) in [6, 6.07) is 18.7. The van der Waals surface area contributed by atoms with E-state index in [1.807, 2.05) is 18.5 Å². The molecule has 0 bridgehead atoms. The summed E-state index contributed by atoms with van der Waals surface area (Å²) in [5.41, 5.74) is 8.77. The van der Waals surface area contributed by atoms with Crippen LogP contribution >= 0.6 is 0 Å². The zero-order valence-corrected chi connectivity index (χ0v) is 12.3. The van der Waals surface area contributed by atoms with Crippen molar-refractivity contribution in [3.63, 3.8) is 0 Å². The lowest BCUT2D eigenvalue weighted by atomic mass is 9.78. The van der Waals surface area contributed by atoms with E-state index in [1.54, 1.807) is 0 Å². The Labute approximate surface area is 125 Å². The topological polar surface area (TPSA) is 38.9 Å². The summed E-state index contributed by atoms with van der Waals surface area (Å²) in [4.78, 5) is 4.21. The molecule has 106 valence electrons. The first-order valence-corrected chi connectivity index (χ1v) is 7.43. The van der Waals surface area contributed by atoms with E-state index in [-0.39, 0.29) is 0 Å². The van der Waals surface area contributed by atoms with Gasteiger partial charge in [-0.15, -0.1) is 0 Å². The van der Waals surface area contributed by atoms with Gasteiger partial charge in [-0.2, -0.15) is 0 Å². The Hall–Kier alpha value is -2.19. The van der Waals surface area contributed by atoms with E-state index in [2.05, 4.69) is 60.4 Å². The monoisotopic (exact) mass is 276 g/mol. The average molecular weight is 276 g/mol. The van der Waals surface area contributed by atoms with E-state index >= 15 is 0 Å². The van der Waals surface area contributed by atoms with Gasteiger partial charge in [0.1, 0.15) is 0 Å². The number of benzene rings is 2. The van der Waals surface area contributed by atoms with E-state index in [1.165, 1.54) is 10.9 Å². The van der Waals surface area contributed by atoms with Crippen LogP contribution in [-0.4, -0.2) is 4.98 Å². The first-order valence-electron chi connectivity index (χ1n) is 7.43. The van der Waals surface area contributed by atoms with Gasteiger partial charge in [0.05, 0.1) is 5.54 Å². The summed E-state index contributed by atoms with van der Waals surface area (Å²) in [5.74, 6) is 0. The number of hydrogen-bond acceptors (Lipinski definition) is 2. The van der Waals surface area contributed by atoms with Crippen molar-refractivity contribution in [3.8, 4) is 0 Å². The van der Waals surface area contributed by atoms with Crippen molar-refractivity contribution in [2.75, 3.05) is 0 Å². The molecule has 2 nitrogen and oxygen atoms in total. The predicted octanol–water partition coefficient (Wildman–Crippen LogP) is 4.24. The lowest BCUT2D eigenvalue weighted by molar-refractivity contribution is 0.489. The Morgan fingerprint density at radius 2 is 1.81 bits per heavy atom. The van der Waals surface area contributed by atoms with E-state index in [0.29, 0.717) is 0 Å². The zero-order valence-electron chi connectivity index (χ0n) is 12.3.